The van der Waals surface area contributed by atoms with Crippen molar-refractivity contribution in [1.29, 1.82) is 0 Å². The van der Waals surface area contributed by atoms with Crippen LogP contribution in [0.4, 0.5) is 0 Å². The summed E-state index contributed by atoms with van der Waals surface area (Å²) < 4.78 is 10.8. The molecule has 0 fully saturated rings. The molecule has 3 rings (SSSR count). The highest BCUT2D eigenvalue weighted by Gasteiger charge is 2.10. The van der Waals surface area contributed by atoms with E-state index in [0.717, 1.165) is 50.9 Å². The van der Waals surface area contributed by atoms with Crippen molar-refractivity contribution in [2.45, 2.75) is 12.8 Å². The molecule has 0 bridgehead atoms. The first-order valence-corrected chi connectivity index (χ1v) is 6.30. The molecule has 0 saturated heterocycles. The highest BCUT2D eigenvalue weighted by molar-refractivity contribution is 5.80. The number of nitrogens with zero attached hydrogens (tertiary/aromatic N) is 2. The van der Waals surface area contributed by atoms with Gasteiger partial charge in [0.05, 0.1) is 13.1 Å². The molecule has 94 valence electrons. The molecule has 1 aromatic rings. The Balaban J connectivity index is 1.61. The van der Waals surface area contributed by atoms with Gasteiger partial charge >= 0.3 is 0 Å². The number of ether oxygens (including phenoxy) is 2. The Labute approximate surface area is 106 Å². The fourth-order valence-corrected chi connectivity index (χ4v) is 2.10. The molecule has 0 aromatic heterocycles. The minimum atomic E-state index is 0.727. The van der Waals surface area contributed by atoms with E-state index < -0.39 is 0 Å². The fourth-order valence-electron chi connectivity index (χ4n) is 2.10. The molecule has 0 spiro atoms. The Hall–Kier alpha value is -1.84. The summed E-state index contributed by atoms with van der Waals surface area (Å²) in [6, 6.07) is 8.48. The first-order valence-electron chi connectivity index (χ1n) is 6.30. The zero-order valence-corrected chi connectivity index (χ0v) is 10.3. The van der Waals surface area contributed by atoms with Gasteiger partial charge in [0, 0.05) is 12.8 Å². The largest absolute Gasteiger partial charge is 0.479 e. The molecular weight excluding hydrogens is 228 g/mol. The lowest BCUT2D eigenvalue weighted by Crippen LogP contribution is -2.05. The predicted octanol–water partition coefficient (Wildman–Crippen LogP) is 1.63. The van der Waals surface area contributed by atoms with Gasteiger partial charge in [0.1, 0.15) is 13.2 Å². The van der Waals surface area contributed by atoms with Crippen molar-refractivity contribution in [3.63, 3.8) is 0 Å². The molecule has 0 amide bonds. The SMILES string of the molecule is c1cc(CC2=NCCO2)ccc1CC1=NCCO1. The van der Waals surface area contributed by atoms with Crippen molar-refractivity contribution in [3.05, 3.63) is 35.4 Å². The minimum Gasteiger partial charge on any atom is -0.479 e. The molecule has 2 aliphatic rings. The van der Waals surface area contributed by atoms with Crippen LogP contribution in [0.1, 0.15) is 11.1 Å². The van der Waals surface area contributed by atoms with Crippen molar-refractivity contribution in [2.75, 3.05) is 26.3 Å². The maximum absolute atomic E-state index is 5.41. The van der Waals surface area contributed by atoms with Crippen LogP contribution in [0.25, 0.3) is 0 Å². The van der Waals surface area contributed by atoms with Gasteiger partial charge in [0.2, 0.25) is 0 Å². The van der Waals surface area contributed by atoms with Crippen LogP contribution < -0.4 is 0 Å². The Morgan fingerprint density at radius 3 is 1.56 bits per heavy atom. The highest BCUT2D eigenvalue weighted by atomic mass is 16.5. The lowest BCUT2D eigenvalue weighted by Gasteiger charge is -2.05. The van der Waals surface area contributed by atoms with Crippen LogP contribution in [0.2, 0.25) is 0 Å². The van der Waals surface area contributed by atoms with Crippen LogP contribution in [-0.4, -0.2) is 38.1 Å². The van der Waals surface area contributed by atoms with Gasteiger partial charge in [-0.05, 0) is 11.1 Å². The molecule has 0 N–H and O–H groups in total. The topological polar surface area (TPSA) is 43.2 Å². The van der Waals surface area contributed by atoms with Crippen LogP contribution in [-0.2, 0) is 22.3 Å². The van der Waals surface area contributed by atoms with Crippen molar-refractivity contribution in [3.8, 4) is 0 Å². The second-order valence-corrected chi connectivity index (χ2v) is 4.42. The molecule has 18 heavy (non-hydrogen) atoms. The van der Waals surface area contributed by atoms with Crippen molar-refractivity contribution >= 4 is 11.8 Å². The summed E-state index contributed by atoms with van der Waals surface area (Å²) in [7, 11) is 0. The second-order valence-electron chi connectivity index (χ2n) is 4.42. The van der Waals surface area contributed by atoms with Gasteiger partial charge in [-0.1, -0.05) is 24.3 Å². The van der Waals surface area contributed by atoms with E-state index in [2.05, 4.69) is 34.3 Å². The zero-order chi connectivity index (χ0) is 12.2. The summed E-state index contributed by atoms with van der Waals surface area (Å²) in [6.07, 6.45) is 1.58. The summed E-state index contributed by atoms with van der Waals surface area (Å²) in [5.74, 6) is 1.71. The van der Waals surface area contributed by atoms with Crippen molar-refractivity contribution in [2.24, 2.45) is 9.98 Å². The van der Waals surface area contributed by atoms with Gasteiger partial charge in [-0.2, -0.15) is 0 Å². The quantitative estimate of drug-likeness (QED) is 0.808. The summed E-state index contributed by atoms with van der Waals surface area (Å²) >= 11 is 0. The number of hydrogen-bond donors (Lipinski definition) is 0. The van der Waals surface area contributed by atoms with Gasteiger partial charge in [-0.3, -0.25) is 9.98 Å². The van der Waals surface area contributed by atoms with E-state index >= 15 is 0 Å². The Morgan fingerprint density at radius 1 is 0.778 bits per heavy atom. The minimum absolute atomic E-state index is 0.727. The molecule has 0 radical (unpaired) electrons. The molecule has 0 aliphatic carbocycles. The average Bonchev–Trinajstić information content (AvgIpc) is 3.05. The number of rotatable bonds is 4. The third kappa shape index (κ3) is 2.70. The third-order valence-corrected chi connectivity index (χ3v) is 3.03. The zero-order valence-electron chi connectivity index (χ0n) is 10.3. The van der Waals surface area contributed by atoms with Crippen LogP contribution in [0.15, 0.2) is 34.3 Å². The smallest absolute Gasteiger partial charge is 0.187 e. The second kappa shape index (κ2) is 5.21. The monoisotopic (exact) mass is 244 g/mol. The van der Waals surface area contributed by atoms with E-state index in [0.29, 0.717) is 0 Å². The Bertz CT molecular complexity index is 432. The van der Waals surface area contributed by atoms with E-state index in [1.165, 1.54) is 11.1 Å². The molecule has 0 saturated carbocycles. The summed E-state index contributed by atoms with van der Waals surface area (Å²) in [4.78, 5) is 8.58. The lowest BCUT2D eigenvalue weighted by molar-refractivity contribution is 0.340. The van der Waals surface area contributed by atoms with E-state index in [1.807, 2.05) is 0 Å². The molecule has 0 unspecified atom stereocenters. The molecule has 2 aliphatic heterocycles. The summed E-state index contributed by atoms with van der Waals surface area (Å²) in [6.45, 7) is 3.05. The highest BCUT2D eigenvalue weighted by Crippen LogP contribution is 2.10. The van der Waals surface area contributed by atoms with Crippen molar-refractivity contribution in [1.82, 2.24) is 0 Å². The van der Waals surface area contributed by atoms with Gasteiger partial charge in [0.25, 0.3) is 0 Å². The van der Waals surface area contributed by atoms with Crippen LogP contribution in [0, 0.1) is 0 Å². The van der Waals surface area contributed by atoms with Crippen LogP contribution >= 0.6 is 0 Å². The average molecular weight is 244 g/mol. The molecule has 0 atom stereocenters. The maximum Gasteiger partial charge on any atom is 0.187 e. The normalized spacial score (nSPS) is 18.0. The van der Waals surface area contributed by atoms with Gasteiger partial charge in [-0.25, -0.2) is 0 Å². The van der Waals surface area contributed by atoms with Crippen molar-refractivity contribution < 1.29 is 9.47 Å². The summed E-state index contributed by atoms with van der Waals surface area (Å²) in [5.41, 5.74) is 2.46. The van der Waals surface area contributed by atoms with E-state index in [-0.39, 0.29) is 0 Å². The fraction of sp³-hybridized carbons (Fsp3) is 0.429. The number of aliphatic imine (C=N–C) groups is 2. The third-order valence-electron chi connectivity index (χ3n) is 3.03. The molecular formula is C14H16N2O2. The van der Waals surface area contributed by atoms with Crippen LogP contribution in [0.5, 0.6) is 0 Å². The molecule has 4 nitrogen and oxygen atoms in total. The summed E-state index contributed by atoms with van der Waals surface area (Å²) in [5, 5.41) is 0. The number of hydrogen-bond acceptors (Lipinski definition) is 4. The first kappa shape index (κ1) is 11.3. The predicted molar refractivity (Wildman–Crippen MR) is 70.4 cm³/mol. The first-order chi connectivity index (χ1) is 8.90. The van der Waals surface area contributed by atoms with Gasteiger partial charge in [-0.15, -0.1) is 0 Å². The Morgan fingerprint density at radius 2 is 1.22 bits per heavy atom. The number of benzene rings is 1. The Kier molecular flexibility index (Phi) is 3.26. The van der Waals surface area contributed by atoms with E-state index in [9.17, 15) is 0 Å². The molecule has 4 heteroatoms. The van der Waals surface area contributed by atoms with Crippen LogP contribution in [0.3, 0.4) is 0 Å². The standard InChI is InChI=1S/C14H16N2O2/c1-2-12(10-14-16-6-8-18-14)4-3-11(1)9-13-15-5-7-17-13/h1-4H,5-10H2. The maximum atomic E-state index is 5.41. The molecule has 2 heterocycles. The van der Waals surface area contributed by atoms with E-state index in [4.69, 9.17) is 9.47 Å². The lowest BCUT2D eigenvalue weighted by atomic mass is 10.1. The molecule has 1 aromatic carbocycles. The van der Waals surface area contributed by atoms with Gasteiger partial charge < -0.3 is 9.47 Å². The van der Waals surface area contributed by atoms with Gasteiger partial charge in [0.15, 0.2) is 11.8 Å². The van der Waals surface area contributed by atoms with E-state index in [1.54, 1.807) is 0 Å².